The van der Waals surface area contributed by atoms with Crippen LogP contribution in [0.25, 0.3) is 10.9 Å². The van der Waals surface area contributed by atoms with Crippen LogP contribution in [0.15, 0.2) is 52.1 Å². The van der Waals surface area contributed by atoms with Gasteiger partial charge in [0.2, 0.25) is 0 Å². The molecule has 7 nitrogen and oxygen atoms in total. The van der Waals surface area contributed by atoms with Crippen molar-refractivity contribution >= 4 is 16.9 Å². The van der Waals surface area contributed by atoms with Crippen molar-refractivity contribution in [2.45, 2.75) is 12.5 Å². The third kappa shape index (κ3) is 3.08. The van der Waals surface area contributed by atoms with Crippen LogP contribution in [0.1, 0.15) is 11.6 Å². The molecule has 1 heterocycles. The smallest absolute Gasteiger partial charge is 0.329 e. The van der Waals surface area contributed by atoms with Crippen LogP contribution in [0.2, 0.25) is 0 Å². The first-order valence-corrected chi connectivity index (χ1v) is 7.71. The highest BCUT2D eigenvalue weighted by atomic mass is 19.1. The highest BCUT2D eigenvalue weighted by molar-refractivity contribution is 5.84. The molecule has 8 heteroatoms. The van der Waals surface area contributed by atoms with Crippen LogP contribution < -0.4 is 16.0 Å². The molecule has 134 valence electrons. The first kappa shape index (κ1) is 17.4. The summed E-state index contributed by atoms with van der Waals surface area (Å²) in [6.07, 6.45) is -0.154. The Hall–Kier alpha value is -3.42. The standard InChI is InChI=1S/C18H15FN2O5/c1-26-14-4-2-3-12-15(14)16(22)21(18(25)20-12)13(17(23)24)9-10-5-7-11(19)8-6-10/h2-8,13H,9H2,1H3,(H,20,25)(H,23,24). The molecule has 0 amide bonds. The van der Waals surface area contributed by atoms with Crippen LogP contribution in [0.3, 0.4) is 0 Å². The van der Waals surface area contributed by atoms with Crippen molar-refractivity contribution < 1.29 is 19.0 Å². The summed E-state index contributed by atoms with van der Waals surface area (Å²) in [5, 5.41) is 9.66. The molecule has 0 spiro atoms. The van der Waals surface area contributed by atoms with Crippen molar-refractivity contribution in [3.8, 4) is 5.75 Å². The Bertz CT molecular complexity index is 1090. The van der Waals surface area contributed by atoms with E-state index < -0.39 is 29.1 Å². The maximum atomic E-state index is 13.1. The molecule has 0 saturated carbocycles. The predicted octanol–water partition coefficient (Wildman–Crippen LogP) is 1.71. The number of benzene rings is 2. The van der Waals surface area contributed by atoms with Gasteiger partial charge in [-0.05, 0) is 29.8 Å². The SMILES string of the molecule is COc1cccc2[nH]c(=O)n(C(Cc3ccc(F)cc3)C(=O)O)c(=O)c12. The Labute approximate surface area is 146 Å². The second-order valence-corrected chi connectivity index (χ2v) is 5.67. The number of H-pyrrole nitrogens is 1. The Morgan fingerprint density at radius 3 is 2.54 bits per heavy atom. The number of carboxylic acids is 1. The average Bonchev–Trinajstić information content (AvgIpc) is 2.61. The summed E-state index contributed by atoms with van der Waals surface area (Å²) in [6.45, 7) is 0. The number of hydrogen-bond donors (Lipinski definition) is 2. The van der Waals surface area contributed by atoms with Crippen molar-refractivity contribution in [3.63, 3.8) is 0 Å². The molecule has 0 saturated heterocycles. The van der Waals surface area contributed by atoms with Crippen molar-refractivity contribution in [1.82, 2.24) is 9.55 Å². The monoisotopic (exact) mass is 358 g/mol. The number of halogens is 1. The molecule has 26 heavy (non-hydrogen) atoms. The molecule has 0 bridgehead atoms. The molecule has 0 aliphatic heterocycles. The number of aromatic nitrogens is 2. The Morgan fingerprint density at radius 2 is 1.92 bits per heavy atom. The number of fused-ring (bicyclic) bond motifs is 1. The number of ether oxygens (including phenoxy) is 1. The number of carbonyl (C=O) groups is 1. The molecule has 0 aliphatic rings. The molecule has 3 rings (SSSR count). The molecule has 2 N–H and O–H groups in total. The lowest BCUT2D eigenvalue weighted by atomic mass is 10.1. The summed E-state index contributed by atoms with van der Waals surface area (Å²) in [5.74, 6) is -1.59. The average molecular weight is 358 g/mol. The summed E-state index contributed by atoms with van der Waals surface area (Å²) in [4.78, 5) is 39.5. The Morgan fingerprint density at radius 1 is 1.23 bits per heavy atom. The van der Waals surface area contributed by atoms with Gasteiger partial charge in [0.15, 0.2) is 0 Å². The number of carboxylic acid groups (broad SMARTS) is 1. The number of nitrogens with one attached hydrogen (secondary N) is 1. The van der Waals surface area contributed by atoms with Gasteiger partial charge in [0, 0.05) is 6.42 Å². The van der Waals surface area contributed by atoms with E-state index in [1.54, 1.807) is 12.1 Å². The third-order valence-electron chi connectivity index (χ3n) is 4.08. The number of nitrogens with zero attached hydrogens (tertiary/aromatic N) is 1. The van der Waals surface area contributed by atoms with Crippen molar-refractivity contribution in [1.29, 1.82) is 0 Å². The van der Waals surface area contributed by atoms with Gasteiger partial charge in [0.05, 0.1) is 12.6 Å². The molecule has 3 aromatic rings. The fraction of sp³-hybridized carbons (Fsp3) is 0.167. The van der Waals surface area contributed by atoms with Gasteiger partial charge in [0.25, 0.3) is 5.56 Å². The number of aromatic amines is 1. The van der Waals surface area contributed by atoms with Crippen LogP contribution in [0.4, 0.5) is 4.39 Å². The van der Waals surface area contributed by atoms with E-state index in [2.05, 4.69) is 4.98 Å². The maximum absolute atomic E-state index is 13.1. The maximum Gasteiger partial charge on any atom is 0.329 e. The topological polar surface area (TPSA) is 101 Å². The van der Waals surface area contributed by atoms with E-state index in [1.165, 1.54) is 37.4 Å². The minimum absolute atomic E-state index is 0.0833. The minimum Gasteiger partial charge on any atom is -0.496 e. The van der Waals surface area contributed by atoms with Gasteiger partial charge in [-0.1, -0.05) is 18.2 Å². The third-order valence-corrected chi connectivity index (χ3v) is 4.08. The van der Waals surface area contributed by atoms with Gasteiger partial charge in [-0.2, -0.15) is 0 Å². The second-order valence-electron chi connectivity index (χ2n) is 5.67. The van der Waals surface area contributed by atoms with E-state index in [1.807, 2.05) is 0 Å². The summed E-state index contributed by atoms with van der Waals surface area (Å²) in [5.41, 5.74) is -0.882. The first-order valence-electron chi connectivity index (χ1n) is 7.71. The van der Waals surface area contributed by atoms with Crippen LogP contribution in [-0.4, -0.2) is 27.7 Å². The molecule has 1 aromatic heterocycles. The summed E-state index contributed by atoms with van der Waals surface area (Å²) < 4.78 is 18.9. The summed E-state index contributed by atoms with van der Waals surface area (Å²) >= 11 is 0. The lowest BCUT2D eigenvalue weighted by Crippen LogP contribution is -2.42. The van der Waals surface area contributed by atoms with Crippen LogP contribution >= 0.6 is 0 Å². The molecule has 0 fully saturated rings. The number of methoxy groups -OCH3 is 1. The first-order chi connectivity index (χ1) is 12.4. The number of hydrogen-bond acceptors (Lipinski definition) is 4. The Kier molecular flexibility index (Phi) is 4.57. The molecule has 2 aromatic carbocycles. The number of rotatable bonds is 5. The van der Waals surface area contributed by atoms with Gasteiger partial charge in [-0.3, -0.25) is 4.79 Å². The minimum atomic E-state index is -1.45. The van der Waals surface area contributed by atoms with E-state index in [0.29, 0.717) is 10.1 Å². The van der Waals surface area contributed by atoms with Gasteiger partial charge >= 0.3 is 11.7 Å². The largest absolute Gasteiger partial charge is 0.496 e. The zero-order chi connectivity index (χ0) is 18.8. The lowest BCUT2D eigenvalue weighted by Gasteiger charge is -2.16. The van der Waals surface area contributed by atoms with Crippen molar-refractivity contribution in [2.24, 2.45) is 0 Å². The van der Waals surface area contributed by atoms with Gasteiger partial charge in [-0.25, -0.2) is 18.5 Å². The van der Waals surface area contributed by atoms with Crippen molar-refractivity contribution in [3.05, 3.63) is 74.7 Å². The summed E-state index contributed by atoms with van der Waals surface area (Å²) in [7, 11) is 1.37. The Balaban J connectivity index is 2.20. The summed E-state index contributed by atoms with van der Waals surface area (Å²) in [6, 6.07) is 8.41. The molecule has 0 radical (unpaired) electrons. The fourth-order valence-electron chi connectivity index (χ4n) is 2.83. The van der Waals surface area contributed by atoms with E-state index in [0.717, 1.165) is 0 Å². The molecule has 1 atom stereocenters. The van der Waals surface area contributed by atoms with Crippen LogP contribution in [0, 0.1) is 5.82 Å². The van der Waals surface area contributed by atoms with Crippen LogP contribution in [0.5, 0.6) is 5.75 Å². The van der Waals surface area contributed by atoms with Gasteiger partial charge < -0.3 is 14.8 Å². The van der Waals surface area contributed by atoms with E-state index >= 15 is 0 Å². The predicted molar refractivity (Wildman–Crippen MR) is 92.2 cm³/mol. The highest BCUT2D eigenvalue weighted by Crippen LogP contribution is 2.20. The molecule has 1 unspecified atom stereocenters. The zero-order valence-electron chi connectivity index (χ0n) is 13.7. The lowest BCUT2D eigenvalue weighted by molar-refractivity contribution is -0.141. The fourth-order valence-corrected chi connectivity index (χ4v) is 2.83. The molecular weight excluding hydrogens is 343 g/mol. The molecule has 0 aliphatic carbocycles. The van der Waals surface area contributed by atoms with E-state index in [9.17, 15) is 23.9 Å². The quantitative estimate of drug-likeness (QED) is 0.723. The van der Waals surface area contributed by atoms with Crippen molar-refractivity contribution in [2.75, 3.05) is 7.11 Å². The van der Waals surface area contributed by atoms with Gasteiger partial charge in [-0.15, -0.1) is 0 Å². The molecular formula is C18H15FN2O5. The van der Waals surface area contributed by atoms with E-state index in [-0.39, 0.29) is 23.1 Å². The highest BCUT2D eigenvalue weighted by Gasteiger charge is 2.25. The zero-order valence-corrected chi connectivity index (χ0v) is 13.7. The second kappa shape index (κ2) is 6.83. The number of aliphatic carboxylic acids is 1. The normalized spacial score (nSPS) is 12.1. The van der Waals surface area contributed by atoms with E-state index in [4.69, 9.17) is 4.74 Å². The van der Waals surface area contributed by atoms with Crippen LogP contribution in [-0.2, 0) is 11.2 Å². The van der Waals surface area contributed by atoms with Gasteiger partial charge in [0.1, 0.15) is 23.0 Å².